The van der Waals surface area contributed by atoms with Crippen LogP contribution in [0.15, 0.2) is 24.3 Å². The first-order chi connectivity index (χ1) is 7.18. The Labute approximate surface area is 100 Å². The van der Waals surface area contributed by atoms with Gasteiger partial charge >= 0.3 is 5.97 Å². The Hall–Kier alpha value is -1.13. The zero-order valence-corrected chi connectivity index (χ0v) is 9.84. The van der Waals surface area contributed by atoms with Crippen LogP contribution < -0.4 is 17.7 Å². The number of esters is 1. The second kappa shape index (κ2) is 8.07. The van der Waals surface area contributed by atoms with Crippen molar-refractivity contribution in [2.24, 2.45) is 0 Å². The molecule has 0 saturated heterocycles. The summed E-state index contributed by atoms with van der Waals surface area (Å²) in [7, 11) is 0. The van der Waals surface area contributed by atoms with Gasteiger partial charge in [-0.2, -0.15) is 0 Å². The summed E-state index contributed by atoms with van der Waals surface area (Å²) in [6.07, 6.45) is 0. The lowest BCUT2D eigenvalue weighted by Crippen LogP contribution is -3.00. The van der Waals surface area contributed by atoms with Crippen molar-refractivity contribution in [3.63, 3.8) is 0 Å². The lowest BCUT2D eigenvalue weighted by atomic mass is 10.2. The van der Waals surface area contributed by atoms with Crippen LogP contribution in [0.5, 0.6) is 0 Å². The van der Waals surface area contributed by atoms with Gasteiger partial charge in [-0.15, -0.1) is 0 Å². The number of hydrogen-bond acceptors (Lipinski definition) is 2. The molecule has 0 atom stereocenters. The van der Waals surface area contributed by atoms with E-state index in [2.05, 4.69) is 0 Å². The zero-order valence-electron chi connectivity index (χ0n) is 9.08. The molecule has 0 radical (unpaired) electrons. The van der Waals surface area contributed by atoms with Gasteiger partial charge in [0.15, 0.2) is 0 Å². The molecule has 5 heteroatoms. The molecule has 0 aromatic heterocycles. The van der Waals surface area contributed by atoms with Crippen LogP contribution in [0.3, 0.4) is 0 Å². The predicted octanol–water partition coefficient (Wildman–Crippen LogP) is -2.54. The summed E-state index contributed by atoms with van der Waals surface area (Å²) in [4.78, 5) is 10.4. The highest BCUT2D eigenvalue weighted by Gasteiger charge is 1.98. The van der Waals surface area contributed by atoms with E-state index < -0.39 is 0 Å². The molecule has 0 fully saturated rings. The maximum atomic E-state index is 12.8. The van der Waals surface area contributed by atoms with Crippen LogP contribution in [0, 0.1) is 5.82 Å². The quantitative estimate of drug-likeness (QED) is 0.460. The van der Waals surface area contributed by atoms with Crippen molar-refractivity contribution in [1.29, 1.82) is 0 Å². The standard InChI is InChI=1S/C11H14FNO2.ClH/c1-9(14)15-6-5-13-8-10-3-2-4-11(12)7-10;/h2-4,7,13H,5-6,8H2,1H3;1H. The molecular weight excluding hydrogens is 233 g/mol. The molecule has 0 aliphatic heterocycles. The SMILES string of the molecule is CC(=O)OCC[NH2+]Cc1cccc(F)c1.[Cl-]. The van der Waals surface area contributed by atoms with Crippen LogP contribution in [0.2, 0.25) is 0 Å². The highest BCUT2D eigenvalue weighted by molar-refractivity contribution is 5.65. The van der Waals surface area contributed by atoms with E-state index in [1.807, 2.05) is 11.4 Å². The van der Waals surface area contributed by atoms with Crippen LogP contribution in [-0.2, 0) is 16.1 Å². The first-order valence-corrected chi connectivity index (χ1v) is 4.88. The lowest BCUT2D eigenvalue weighted by molar-refractivity contribution is -0.671. The molecule has 0 aliphatic carbocycles. The Kier molecular flexibility index (Phi) is 7.50. The van der Waals surface area contributed by atoms with E-state index in [9.17, 15) is 9.18 Å². The molecule has 0 saturated carbocycles. The molecule has 1 aromatic carbocycles. The molecule has 16 heavy (non-hydrogen) atoms. The Morgan fingerprint density at radius 1 is 1.50 bits per heavy atom. The maximum Gasteiger partial charge on any atom is 0.302 e. The van der Waals surface area contributed by atoms with E-state index in [-0.39, 0.29) is 24.2 Å². The molecule has 0 spiro atoms. The normalized spacial score (nSPS) is 9.38. The van der Waals surface area contributed by atoms with Crippen LogP contribution in [0.25, 0.3) is 0 Å². The minimum atomic E-state index is -0.269. The van der Waals surface area contributed by atoms with E-state index >= 15 is 0 Å². The van der Waals surface area contributed by atoms with E-state index in [0.717, 1.165) is 5.56 Å². The monoisotopic (exact) mass is 247 g/mol. The fourth-order valence-corrected chi connectivity index (χ4v) is 1.22. The summed E-state index contributed by atoms with van der Waals surface area (Å²) in [5.41, 5.74) is 0.929. The molecule has 0 bridgehead atoms. The summed E-state index contributed by atoms with van der Waals surface area (Å²) >= 11 is 0. The summed E-state index contributed by atoms with van der Waals surface area (Å²) in [6, 6.07) is 6.47. The van der Waals surface area contributed by atoms with Gasteiger partial charge in [0.05, 0.1) is 0 Å². The van der Waals surface area contributed by atoms with Crippen LogP contribution in [-0.4, -0.2) is 19.1 Å². The van der Waals surface area contributed by atoms with Gasteiger partial charge in [-0.1, -0.05) is 12.1 Å². The van der Waals surface area contributed by atoms with Crippen molar-refractivity contribution in [1.82, 2.24) is 0 Å². The van der Waals surface area contributed by atoms with Crippen molar-refractivity contribution in [2.45, 2.75) is 13.5 Å². The topological polar surface area (TPSA) is 42.9 Å². The number of rotatable bonds is 5. The minimum Gasteiger partial charge on any atom is -1.00 e. The maximum absolute atomic E-state index is 12.8. The number of halogens is 2. The fourth-order valence-electron chi connectivity index (χ4n) is 1.22. The number of carbonyl (C=O) groups excluding carboxylic acids is 1. The fraction of sp³-hybridized carbons (Fsp3) is 0.364. The molecule has 1 rings (SSSR count). The Morgan fingerprint density at radius 3 is 2.88 bits per heavy atom. The predicted molar refractivity (Wildman–Crippen MR) is 53.5 cm³/mol. The average molecular weight is 248 g/mol. The van der Waals surface area contributed by atoms with E-state index in [4.69, 9.17) is 4.74 Å². The molecule has 0 aliphatic rings. The van der Waals surface area contributed by atoms with Gasteiger partial charge in [-0.3, -0.25) is 4.79 Å². The van der Waals surface area contributed by atoms with Crippen LogP contribution in [0.4, 0.5) is 4.39 Å². The van der Waals surface area contributed by atoms with Crippen molar-refractivity contribution in [2.75, 3.05) is 13.2 Å². The number of benzene rings is 1. The van der Waals surface area contributed by atoms with Gasteiger partial charge in [0.25, 0.3) is 0 Å². The Balaban J connectivity index is 0.00000225. The number of ether oxygens (including phenoxy) is 1. The number of hydrogen-bond donors (Lipinski definition) is 1. The molecule has 0 heterocycles. The molecule has 2 N–H and O–H groups in total. The van der Waals surface area contributed by atoms with E-state index in [1.54, 1.807) is 6.07 Å². The average Bonchev–Trinajstić information content (AvgIpc) is 2.17. The van der Waals surface area contributed by atoms with E-state index in [1.165, 1.54) is 19.1 Å². The molecule has 0 unspecified atom stereocenters. The van der Waals surface area contributed by atoms with Gasteiger partial charge in [0.1, 0.15) is 25.5 Å². The lowest BCUT2D eigenvalue weighted by Gasteiger charge is -2.02. The van der Waals surface area contributed by atoms with Gasteiger partial charge in [-0.05, 0) is 12.1 Å². The summed E-state index contributed by atoms with van der Waals surface area (Å²) in [5, 5.41) is 1.97. The number of nitrogens with two attached hydrogens (primary N) is 1. The largest absolute Gasteiger partial charge is 1.00 e. The van der Waals surface area contributed by atoms with Crippen molar-refractivity contribution in [3.05, 3.63) is 35.6 Å². The highest BCUT2D eigenvalue weighted by atomic mass is 35.5. The van der Waals surface area contributed by atoms with E-state index in [0.29, 0.717) is 19.7 Å². The first kappa shape index (κ1) is 14.9. The second-order valence-corrected chi connectivity index (χ2v) is 3.25. The first-order valence-electron chi connectivity index (χ1n) is 4.88. The van der Waals surface area contributed by atoms with Gasteiger partial charge < -0.3 is 22.5 Å². The van der Waals surface area contributed by atoms with Crippen molar-refractivity contribution < 1.29 is 31.6 Å². The molecule has 1 aromatic rings. The second-order valence-electron chi connectivity index (χ2n) is 3.25. The van der Waals surface area contributed by atoms with Gasteiger partial charge in [0.2, 0.25) is 0 Å². The summed E-state index contributed by atoms with van der Waals surface area (Å²) in [6.45, 7) is 3.16. The molecule has 3 nitrogen and oxygen atoms in total. The minimum absolute atomic E-state index is 0. The smallest absolute Gasteiger partial charge is 0.302 e. The molecular formula is C11H15ClFNO2. The summed E-state index contributed by atoms with van der Waals surface area (Å²) in [5.74, 6) is -0.491. The molecule has 0 amide bonds. The zero-order chi connectivity index (χ0) is 11.1. The number of carbonyl (C=O) groups is 1. The summed E-state index contributed by atoms with van der Waals surface area (Å²) < 4.78 is 17.5. The third-order valence-electron chi connectivity index (χ3n) is 1.90. The number of quaternary nitrogens is 1. The van der Waals surface area contributed by atoms with Crippen molar-refractivity contribution in [3.8, 4) is 0 Å². The van der Waals surface area contributed by atoms with Gasteiger partial charge in [-0.25, -0.2) is 4.39 Å². The Bertz CT molecular complexity index is 334. The van der Waals surface area contributed by atoms with Gasteiger partial charge in [0, 0.05) is 12.5 Å². The van der Waals surface area contributed by atoms with Crippen LogP contribution >= 0.6 is 0 Å². The van der Waals surface area contributed by atoms with Crippen molar-refractivity contribution >= 4 is 5.97 Å². The third-order valence-corrected chi connectivity index (χ3v) is 1.90. The Morgan fingerprint density at radius 2 is 2.25 bits per heavy atom. The molecule has 90 valence electrons. The third kappa shape index (κ3) is 6.37. The van der Waals surface area contributed by atoms with Crippen LogP contribution in [0.1, 0.15) is 12.5 Å². The highest BCUT2D eigenvalue weighted by Crippen LogP contribution is 2.00.